The van der Waals surface area contributed by atoms with Crippen LogP contribution in [0.5, 0.6) is 5.75 Å². The Hall–Kier alpha value is -2.58. The summed E-state index contributed by atoms with van der Waals surface area (Å²) >= 11 is 0. The molecule has 2 fully saturated rings. The Morgan fingerprint density at radius 1 is 1.03 bits per heavy atom. The van der Waals surface area contributed by atoms with Crippen molar-refractivity contribution in [2.24, 2.45) is 0 Å². The number of carbonyl (C=O) groups is 1. The van der Waals surface area contributed by atoms with Gasteiger partial charge in [-0.3, -0.25) is 14.6 Å². The minimum Gasteiger partial charge on any atom is -0.508 e. The number of halogens is 3. The van der Waals surface area contributed by atoms with Gasteiger partial charge < -0.3 is 10.4 Å². The van der Waals surface area contributed by atoms with Crippen molar-refractivity contribution in [2.75, 3.05) is 26.2 Å². The molecule has 0 spiro atoms. The highest BCUT2D eigenvalue weighted by atomic mass is 19.4. The van der Waals surface area contributed by atoms with E-state index in [-0.39, 0.29) is 18.2 Å². The van der Waals surface area contributed by atoms with E-state index in [1.165, 1.54) is 32.1 Å². The lowest BCUT2D eigenvalue weighted by atomic mass is 9.93. The summed E-state index contributed by atoms with van der Waals surface area (Å²) in [6.45, 7) is 4.88. The minimum absolute atomic E-state index is 0.0141. The van der Waals surface area contributed by atoms with Crippen molar-refractivity contribution in [2.45, 2.75) is 63.8 Å². The molecule has 2 aromatic carbocycles. The minimum atomic E-state index is -4.43. The molecule has 1 saturated heterocycles. The Morgan fingerprint density at radius 2 is 1.69 bits per heavy atom. The van der Waals surface area contributed by atoms with Crippen molar-refractivity contribution in [1.82, 2.24) is 15.1 Å². The number of nitrogens with one attached hydrogen (secondary N) is 1. The number of benzene rings is 2. The Bertz CT molecular complexity index is 996. The maximum absolute atomic E-state index is 13.4. The summed E-state index contributed by atoms with van der Waals surface area (Å²) in [7, 11) is 0. The second-order valence-electron chi connectivity index (χ2n) is 9.78. The Labute approximate surface area is 204 Å². The lowest BCUT2D eigenvalue weighted by Crippen LogP contribution is -2.53. The van der Waals surface area contributed by atoms with Gasteiger partial charge >= 0.3 is 6.18 Å². The third kappa shape index (κ3) is 6.55. The highest BCUT2D eigenvalue weighted by Gasteiger charge is 2.33. The van der Waals surface area contributed by atoms with E-state index >= 15 is 0 Å². The first-order valence-electron chi connectivity index (χ1n) is 12.4. The fourth-order valence-corrected chi connectivity index (χ4v) is 5.41. The van der Waals surface area contributed by atoms with E-state index in [4.69, 9.17) is 0 Å². The number of phenols is 1. The van der Waals surface area contributed by atoms with Gasteiger partial charge in [0.15, 0.2) is 0 Å². The summed E-state index contributed by atoms with van der Waals surface area (Å²) < 4.78 is 39.7. The molecule has 1 aliphatic carbocycles. The number of hydrogen-bond donors (Lipinski definition) is 2. The average molecular weight is 490 g/mol. The monoisotopic (exact) mass is 489 g/mol. The van der Waals surface area contributed by atoms with Gasteiger partial charge in [-0.1, -0.05) is 43.0 Å². The van der Waals surface area contributed by atoms with Gasteiger partial charge in [-0.2, -0.15) is 13.2 Å². The zero-order chi connectivity index (χ0) is 25.0. The zero-order valence-electron chi connectivity index (χ0n) is 20.2. The normalized spacial score (nSPS) is 19.4. The highest BCUT2D eigenvalue weighted by molar-refractivity contribution is 5.83. The van der Waals surface area contributed by atoms with Crippen LogP contribution in [0.25, 0.3) is 0 Å². The van der Waals surface area contributed by atoms with Crippen molar-refractivity contribution >= 4 is 5.91 Å². The summed E-state index contributed by atoms with van der Waals surface area (Å²) in [6.07, 6.45) is 1.90. The van der Waals surface area contributed by atoms with E-state index in [0.717, 1.165) is 43.9 Å². The predicted octanol–water partition coefficient (Wildman–Crippen LogP) is 5.03. The molecule has 4 rings (SSSR count). The molecule has 0 bridgehead atoms. The smallest absolute Gasteiger partial charge is 0.416 e. The summed E-state index contributed by atoms with van der Waals surface area (Å²) in [5, 5.41) is 12.6. The molecule has 1 heterocycles. The summed E-state index contributed by atoms with van der Waals surface area (Å²) in [5.74, 6) is -0.133. The predicted molar refractivity (Wildman–Crippen MR) is 129 cm³/mol. The first kappa shape index (κ1) is 25.5. The van der Waals surface area contributed by atoms with Crippen LogP contribution in [0.4, 0.5) is 13.2 Å². The quantitative estimate of drug-likeness (QED) is 0.598. The molecule has 2 aromatic rings. The number of piperazine rings is 1. The SMILES string of the molecule is Cc1cc(CNC(=O)C(c2ccc(O)cc2)N2CCN(C3CCCCC3)CC2)cc(C(F)(F)F)c1. The number of hydrogen-bond acceptors (Lipinski definition) is 4. The summed E-state index contributed by atoms with van der Waals surface area (Å²) in [5.41, 5.74) is 0.956. The van der Waals surface area contributed by atoms with Crippen LogP contribution < -0.4 is 5.32 Å². The number of aryl methyl sites for hydroxylation is 1. The van der Waals surface area contributed by atoms with Gasteiger partial charge in [0.2, 0.25) is 5.91 Å². The third-order valence-electron chi connectivity index (χ3n) is 7.19. The number of alkyl halides is 3. The molecule has 1 atom stereocenters. The van der Waals surface area contributed by atoms with Crippen LogP contribution in [0, 0.1) is 6.92 Å². The maximum atomic E-state index is 13.4. The van der Waals surface area contributed by atoms with Crippen molar-refractivity contribution in [3.63, 3.8) is 0 Å². The van der Waals surface area contributed by atoms with Gasteiger partial charge in [0.25, 0.3) is 0 Å². The van der Waals surface area contributed by atoms with Crippen LogP contribution in [0.1, 0.15) is 60.4 Å². The van der Waals surface area contributed by atoms with E-state index in [0.29, 0.717) is 17.2 Å². The topological polar surface area (TPSA) is 55.8 Å². The molecule has 1 unspecified atom stereocenters. The number of amides is 1. The lowest BCUT2D eigenvalue weighted by Gasteiger charge is -2.43. The molecule has 0 radical (unpaired) electrons. The number of rotatable bonds is 6. The van der Waals surface area contributed by atoms with Gasteiger partial charge in [0.1, 0.15) is 11.8 Å². The van der Waals surface area contributed by atoms with Gasteiger partial charge in [-0.25, -0.2) is 0 Å². The van der Waals surface area contributed by atoms with Crippen LogP contribution in [-0.2, 0) is 17.5 Å². The van der Waals surface area contributed by atoms with Crippen molar-refractivity contribution in [3.05, 3.63) is 64.7 Å². The third-order valence-corrected chi connectivity index (χ3v) is 7.19. The lowest BCUT2D eigenvalue weighted by molar-refractivity contribution is -0.137. The van der Waals surface area contributed by atoms with Gasteiger partial charge in [-0.15, -0.1) is 0 Å². The van der Waals surface area contributed by atoms with Crippen LogP contribution >= 0.6 is 0 Å². The van der Waals surface area contributed by atoms with Crippen LogP contribution in [0.2, 0.25) is 0 Å². The molecule has 2 aliphatic rings. The van der Waals surface area contributed by atoms with Crippen molar-refractivity contribution < 1.29 is 23.1 Å². The van der Waals surface area contributed by atoms with Gasteiger partial charge in [0.05, 0.1) is 5.56 Å². The fraction of sp³-hybridized carbons (Fsp3) is 0.519. The molecule has 2 N–H and O–H groups in total. The van der Waals surface area contributed by atoms with E-state index in [2.05, 4.69) is 15.1 Å². The molecular weight excluding hydrogens is 455 g/mol. The number of nitrogens with zero attached hydrogens (tertiary/aromatic N) is 2. The summed E-state index contributed by atoms with van der Waals surface area (Å²) in [4.78, 5) is 18.1. The number of phenolic OH excluding ortho intramolecular Hbond substituents is 1. The second kappa shape index (κ2) is 11.0. The fourth-order valence-electron chi connectivity index (χ4n) is 5.41. The molecule has 190 valence electrons. The Morgan fingerprint density at radius 3 is 2.31 bits per heavy atom. The number of carbonyl (C=O) groups excluding carboxylic acids is 1. The first-order valence-corrected chi connectivity index (χ1v) is 12.4. The maximum Gasteiger partial charge on any atom is 0.416 e. The average Bonchev–Trinajstić information content (AvgIpc) is 2.84. The van der Waals surface area contributed by atoms with Gasteiger partial charge in [-0.05, 0) is 55.2 Å². The van der Waals surface area contributed by atoms with Crippen LogP contribution in [0.15, 0.2) is 42.5 Å². The van der Waals surface area contributed by atoms with Crippen LogP contribution in [-0.4, -0.2) is 53.0 Å². The van der Waals surface area contributed by atoms with Crippen molar-refractivity contribution in [1.29, 1.82) is 0 Å². The molecule has 0 aromatic heterocycles. The molecule has 35 heavy (non-hydrogen) atoms. The second-order valence-corrected chi connectivity index (χ2v) is 9.78. The Kier molecular flexibility index (Phi) is 8.02. The largest absolute Gasteiger partial charge is 0.508 e. The zero-order valence-corrected chi connectivity index (χ0v) is 20.2. The summed E-state index contributed by atoms with van der Waals surface area (Å²) in [6, 6.07) is 10.5. The highest BCUT2D eigenvalue weighted by Crippen LogP contribution is 2.31. The molecule has 8 heteroatoms. The standard InChI is InChI=1S/C27H34F3N3O2/c1-19-15-20(17-22(16-19)27(28,29)30)18-31-26(35)25(21-7-9-24(34)10-8-21)33-13-11-32(12-14-33)23-5-3-2-4-6-23/h7-10,15-17,23,25,34H,2-6,11-14,18H2,1H3,(H,31,35). The molecule has 1 amide bonds. The van der Waals surface area contributed by atoms with E-state index in [1.807, 2.05) is 0 Å². The van der Waals surface area contributed by atoms with Crippen molar-refractivity contribution in [3.8, 4) is 5.75 Å². The van der Waals surface area contributed by atoms with Gasteiger partial charge in [0, 0.05) is 38.8 Å². The van der Waals surface area contributed by atoms with E-state index in [1.54, 1.807) is 37.3 Å². The molecule has 1 saturated carbocycles. The Balaban J connectivity index is 1.47. The number of aromatic hydroxyl groups is 1. The molecular formula is C27H34F3N3O2. The molecule has 1 aliphatic heterocycles. The van der Waals surface area contributed by atoms with Crippen LogP contribution in [0.3, 0.4) is 0 Å². The van der Waals surface area contributed by atoms with E-state index in [9.17, 15) is 23.1 Å². The molecule has 5 nitrogen and oxygen atoms in total. The first-order chi connectivity index (χ1) is 16.7. The van der Waals surface area contributed by atoms with E-state index < -0.39 is 17.8 Å².